The molecule has 2 aliphatic heterocycles. The van der Waals surface area contributed by atoms with E-state index in [1.54, 1.807) is 0 Å². The number of fused-ring (bicyclic) bond motifs is 1. The molecule has 1 amide bonds. The fourth-order valence-electron chi connectivity index (χ4n) is 2.61. The van der Waals surface area contributed by atoms with Gasteiger partial charge < -0.3 is 9.47 Å². The SMILES string of the molecule is CC1=NN(c2ccc(Br)cc2)C(=O)C1=Cc1ccc2c(c1)OCO2. The summed E-state index contributed by atoms with van der Waals surface area (Å²) in [6.07, 6.45) is 1.82. The Morgan fingerprint density at radius 3 is 2.67 bits per heavy atom. The van der Waals surface area contributed by atoms with Gasteiger partial charge in [0.1, 0.15) is 0 Å². The molecule has 2 aromatic rings. The zero-order valence-electron chi connectivity index (χ0n) is 12.8. The first-order valence-corrected chi connectivity index (χ1v) is 8.18. The molecule has 0 saturated carbocycles. The van der Waals surface area contributed by atoms with Gasteiger partial charge in [0, 0.05) is 4.47 Å². The molecule has 2 aromatic carbocycles. The average Bonchev–Trinajstić information content (AvgIpc) is 3.15. The maximum Gasteiger partial charge on any atom is 0.280 e. The second-order valence-corrected chi connectivity index (χ2v) is 6.37. The van der Waals surface area contributed by atoms with Gasteiger partial charge in [-0.15, -0.1) is 0 Å². The van der Waals surface area contributed by atoms with E-state index in [0.29, 0.717) is 17.0 Å². The predicted octanol–water partition coefficient (Wildman–Crippen LogP) is 3.98. The van der Waals surface area contributed by atoms with Crippen molar-refractivity contribution < 1.29 is 14.3 Å². The number of rotatable bonds is 2. The summed E-state index contributed by atoms with van der Waals surface area (Å²) in [5.41, 5.74) is 2.85. The smallest absolute Gasteiger partial charge is 0.280 e. The van der Waals surface area contributed by atoms with Crippen molar-refractivity contribution in [1.82, 2.24) is 0 Å². The van der Waals surface area contributed by atoms with Crippen LogP contribution in [0, 0.1) is 0 Å². The van der Waals surface area contributed by atoms with E-state index in [1.807, 2.05) is 55.5 Å². The molecule has 0 fully saturated rings. The van der Waals surface area contributed by atoms with Crippen molar-refractivity contribution in [2.24, 2.45) is 5.10 Å². The molecule has 6 heteroatoms. The summed E-state index contributed by atoms with van der Waals surface area (Å²) in [5.74, 6) is 1.26. The standard InChI is InChI=1S/C18H13BrN2O3/c1-11-15(8-12-2-7-16-17(9-12)24-10-23-16)18(22)21(20-11)14-5-3-13(19)4-6-14/h2-9H,10H2,1H3. The van der Waals surface area contributed by atoms with Crippen LogP contribution >= 0.6 is 15.9 Å². The van der Waals surface area contributed by atoms with Crippen LogP contribution in [0.3, 0.4) is 0 Å². The molecule has 0 bridgehead atoms. The van der Waals surface area contributed by atoms with Gasteiger partial charge >= 0.3 is 0 Å². The molecular weight excluding hydrogens is 372 g/mol. The van der Waals surface area contributed by atoms with Crippen LogP contribution < -0.4 is 14.5 Å². The van der Waals surface area contributed by atoms with Crippen molar-refractivity contribution in [3.05, 3.63) is 58.1 Å². The first-order valence-electron chi connectivity index (χ1n) is 7.39. The number of hydrogen-bond acceptors (Lipinski definition) is 4. The van der Waals surface area contributed by atoms with Gasteiger partial charge in [-0.1, -0.05) is 22.0 Å². The third-order valence-electron chi connectivity index (χ3n) is 3.84. The van der Waals surface area contributed by atoms with E-state index >= 15 is 0 Å². The Morgan fingerprint density at radius 1 is 1.12 bits per heavy atom. The van der Waals surface area contributed by atoms with Crippen LogP contribution in [0.25, 0.3) is 6.08 Å². The van der Waals surface area contributed by atoms with Crippen molar-refractivity contribution in [2.75, 3.05) is 11.8 Å². The lowest BCUT2D eigenvalue weighted by Crippen LogP contribution is -2.21. The average molecular weight is 385 g/mol. The van der Waals surface area contributed by atoms with Gasteiger partial charge in [-0.25, -0.2) is 0 Å². The summed E-state index contributed by atoms with van der Waals surface area (Å²) >= 11 is 3.39. The monoisotopic (exact) mass is 384 g/mol. The summed E-state index contributed by atoms with van der Waals surface area (Å²) in [6.45, 7) is 2.06. The Kier molecular flexibility index (Phi) is 3.61. The molecule has 0 N–H and O–H groups in total. The molecule has 120 valence electrons. The van der Waals surface area contributed by atoms with E-state index < -0.39 is 0 Å². The van der Waals surface area contributed by atoms with Crippen LogP contribution in [-0.4, -0.2) is 18.4 Å². The van der Waals surface area contributed by atoms with Crippen molar-refractivity contribution in [1.29, 1.82) is 0 Å². The molecular formula is C18H13BrN2O3. The molecule has 0 aliphatic carbocycles. The Labute approximate surface area is 147 Å². The first kappa shape index (κ1) is 15.0. The second-order valence-electron chi connectivity index (χ2n) is 5.45. The molecule has 0 spiro atoms. The number of ether oxygens (including phenoxy) is 2. The number of anilines is 1. The third kappa shape index (κ3) is 2.59. The minimum absolute atomic E-state index is 0.146. The quantitative estimate of drug-likeness (QED) is 0.735. The fraction of sp³-hybridized carbons (Fsp3) is 0.111. The molecule has 0 aromatic heterocycles. The van der Waals surface area contributed by atoms with Gasteiger partial charge in [-0.05, 0) is 55.0 Å². The third-order valence-corrected chi connectivity index (χ3v) is 4.37. The maximum atomic E-state index is 12.7. The highest BCUT2D eigenvalue weighted by molar-refractivity contribution is 9.10. The lowest BCUT2D eigenvalue weighted by atomic mass is 10.1. The van der Waals surface area contributed by atoms with Crippen molar-refractivity contribution >= 4 is 39.3 Å². The minimum Gasteiger partial charge on any atom is -0.454 e. The number of hydrazone groups is 1. The second kappa shape index (κ2) is 5.79. The van der Waals surface area contributed by atoms with Crippen LogP contribution in [0.5, 0.6) is 11.5 Å². The van der Waals surface area contributed by atoms with E-state index in [0.717, 1.165) is 21.5 Å². The number of carbonyl (C=O) groups excluding carboxylic acids is 1. The van der Waals surface area contributed by atoms with E-state index in [1.165, 1.54) is 5.01 Å². The zero-order valence-corrected chi connectivity index (χ0v) is 14.4. The highest BCUT2D eigenvalue weighted by Crippen LogP contribution is 2.34. The molecule has 2 heterocycles. The minimum atomic E-state index is -0.146. The summed E-state index contributed by atoms with van der Waals surface area (Å²) < 4.78 is 11.6. The van der Waals surface area contributed by atoms with E-state index in [-0.39, 0.29) is 12.7 Å². The van der Waals surface area contributed by atoms with Gasteiger partial charge in [0.15, 0.2) is 11.5 Å². The first-order chi connectivity index (χ1) is 11.6. The van der Waals surface area contributed by atoms with Gasteiger partial charge in [0.2, 0.25) is 6.79 Å². The lowest BCUT2D eigenvalue weighted by Gasteiger charge is -2.11. The number of benzene rings is 2. The summed E-state index contributed by atoms with van der Waals surface area (Å²) in [7, 11) is 0. The zero-order chi connectivity index (χ0) is 16.7. The Morgan fingerprint density at radius 2 is 1.88 bits per heavy atom. The normalized spacial score (nSPS) is 17.6. The van der Waals surface area contributed by atoms with Crippen LogP contribution in [0.15, 0.2) is 57.6 Å². The molecule has 2 aliphatic rings. The van der Waals surface area contributed by atoms with Gasteiger partial charge in [-0.2, -0.15) is 10.1 Å². The molecule has 0 saturated heterocycles. The van der Waals surface area contributed by atoms with E-state index in [4.69, 9.17) is 9.47 Å². The van der Waals surface area contributed by atoms with Crippen LogP contribution in [0.4, 0.5) is 5.69 Å². The summed E-state index contributed by atoms with van der Waals surface area (Å²) in [4.78, 5) is 12.7. The number of carbonyl (C=O) groups is 1. The van der Waals surface area contributed by atoms with Crippen molar-refractivity contribution in [2.45, 2.75) is 6.92 Å². The van der Waals surface area contributed by atoms with Gasteiger partial charge in [0.05, 0.1) is 17.0 Å². The highest BCUT2D eigenvalue weighted by Gasteiger charge is 2.28. The topological polar surface area (TPSA) is 51.1 Å². The molecule has 0 atom stereocenters. The number of nitrogens with zero attached hydrogens (tertiary/aromatic N) is 2. The molecule has 4 rings (SSSR count). The number of halogens is 1. The molecule has 0 radical (unpaired) electrons. The van der Waals surface area contributed by atoms with Crippen LogP contribution in [0.1, 0.15) is 12.5 Å². The number of hydrogen-bond donors (Lipinski definition) is 0. The Hall–Kier alpha value is -2.60. The highest BCUT2D eigenvalue weighted by atomic mass is 79.9. The molecule has 5 nitrogen and oxygen atoms in total. The van der Waals surface area contributed by atoms with Gasteiger partial charge in [0.25, 0.3) is 5.91 Å². The van der Waals surface area contributed by atoms with Gasteiger partial charge in [-0.3, -0.25) is 4.79 Å². The van der Waals surface area contributed by atoms with Crippen LogP contribution in [-0.2, 0) is 4.79 Å². The Bertz CT molecular complexity index is 888. The van der Waals surface area contributed by atoms with Crippen molar-refractivity contribution in [3.63, 3.8) is 0 Å². The summed E-state index contributed by atoms with van der Waals surface area (Å²) in [5, 5.41) is 5.80. The van der Waals surface area contributed by atoms with E-state index in [2.05, 4.69) is 21.0 Å². The Balaban J connectivity index is 1.66. The van der Waals surface area contributed by atoms with Crippen molar-refractivity contribution in [3.8, 4) is 11.5 Å². The number of amides is 1. The summed E-state index contributed by atoms with van der Waals surface area (Å²) in [6, 6.07) is 13.1. The van der Waals surface area contributed by atoms with Crippen LogP contribution in [0.2, 0.25) is 0 Å². The molecule has 0 unspecified atom stereocenters. The molecule has 24 heavy (non-hydrogen) atoms. The lowest BCUT2D eigenvalue weighted by molar-refractivity contribution is -0.114. The predicted molar refractivity (Wildman–Crippen MR) is 95.3 cm³/mol. The largest absolute Gasteiger partial charge is 0.454 e. The maximum absolute atomic E-state index is 12.7. The fourth-order valence-corrected chi connectivity index (χ4v) is 2.88. The van der Waals surface area contributed by atoms with E-state index in [9.17, 15) is 4.79 Å².